The summed E-state index contributed by atoms with van der Waals surface area (Å²) >= 11 is 0. The summed E-state index contributed by atoms with van der Waals surface area (Å²) in [4.78, 5) is 11.5. The van der Waals surface area contributed by atoms with Gasteiger partial charge in [-0.1, -0.05) is 19.1 Å². The van der Waals surface area contributed by atoms with Crippen LogP contribution in [0.25, 0.3) is 0 Å². The Bertz CT molecular complexity index is 251. The second-order valence-electron chi connectivity index (χ2n) is 4.98. The second kappa shape index (κ2) is 8.29. The molecule has 0 spiro atoms. The molecule has 2 unspecified atom stereocenters. The third-order valence-corrected chi connectivity index (χ3v) is 3.36. The quantitative estimate of drug-likeness (QED) is 0.527. The monoisotopic (exact) mass is 238 g/mol. The average molecular weight is 238 g/mol. The smallest absolute Gasteiger partial charge is 0.221 e. The van der Waals surface area contributed by atoms with Gasteiger partial charge < -0.3 is 10.6 Å². The van der Waals surface area contributed by atoms with Crippen molar-refractivity contribution < 1.29 is 4.79 Å². The van der Waals surface area contributed by atoms with E-state index in [0.29, 0.717) is 12.5 Å². The molecule has 0 aromatic carbocycles. The number of allylic oxidation sites excluding steroid dienone is 2. The Labute approximate surface area is 105 Å². The highest BCUT2D eigenvalue weighted by Crippen LogP contribution is 2.16. The van der Waals surface area contributed by atoms with Gasteiger partial charge in [0.05, 0.1) is 0 Å². The zero-order valence-electron chi connectivity index (χ0n) is 11.2. The summed E-state index contributed by atoms with van der Waals surface area (Å²) in [7, 11) is 0. The maximum Gasteiger partial charge on any atom is 0.221 e. The van der Waals surface area contributed by atoms with Crippen LogP contribution in [0.3, 0.4) is 0 Å². The van der Waals surface area contributed by atoms with Gasteiger partial charge in [-0.3, -0.25) is 4.79 Å². The molecule has 0 fully saturated rings. The van der Waals surface area contributed by atoms with Gasteiger partial charge in [-0.15, -0.1) is 0 Å². The first-order chi connectivity index (χ1) is 8.22. The largest absolute Gasteiger partial charge is 0.354 e. The van der Waals surface area contributed by atoms with Crippen molar-refractivity contribution in [2.24, 2.45) is 5.92 Å². The maximum absolute atomic E-state index is 11.5. The van der Waals surface area contributed by atoms with Crippen LogP contribution in [0.1, 0.15) is 46.0 Å². The van der Waals surface area contributed by atoms with Gasteiger partial charge in [-0.05, 0) is 45.1 Å². The van der Waals surface area contributed by atoms with Gasteiger partial charge in [-0.2, -0.15) is 0 Å². The summed E-state index contributed by atoms with van der Waals surface area (Å²) in [6.45, 7) is 5.96. The van der Waals surface area contributed by atoms with Gasteiger partial charge in [0.25, 0.3) is 0 Å². The summed E-state index contributed by atoms with van der Waals surface area (Å²) in [6.07, 6.45) is 9.79. The van der Waals surface area contributed by atoms with Crippen molar-refractivity contribution in [3.05, 3.63) is 12.2 Å². The molecule has 1 aliphatic carbocycles. The molecule has 3 nitrogen and oxygen atoms in total. The van der Waals surface area contributed by atoms with E-state index in [2.05, 4.69) is 29.7 Å². The third-order valence-electron chi connectivity index (χ3n) is 3.36. The topological polar surface area (TPSA) is 41.1 Å². The van der Waals surface area contributed by atoms with Crippen molar-refractivity contribution in [3.63, 3.8) is 0 Å². The summed E-state index contributed by atoms with van der Waals surface area (Å²) in [6, 6.07) is 0.297. The van der Waals surface area contributed by atoms with E-state index < -0.39 is 0 Å². The summed E-state index contributed by atoms with van der Waals surface area (Å²) in [5, 5.41) is 6.36. The molecule has 0 aromatic rings. The number of nitrogens with one attached hydrogen (secondary N) is 2. The van der Waals surface area contributed by atoms with E-state index in [-0.39, 0.29) is 5.91 Å². The van der Waals surface area contributed by atoms with Crippen LogP contribution in [0.4, 0.5) is 0 Å². The van der Waals surface area contributed by atoms with E-state index in [4.69, 9.17) is 0 Å². The summed E-state index contributed by atoms with van der Waals surface area (Å²) < 4.78 is 0. The number of carbonyl (C=O) groups excluding carboxylic acids is 1. The highest BCUT2D eigenvalue weighted by molar-refractivity contribution is 5.76. The Hall–Kier alpha value is -0.830. The van der Waals surface area contributed by atoms with Gasteiger partial charge in [0.1, 0.15) is 0 Å². The predicted octanol–water partition coefficient (Wildman–Crippen LogP) is 2.24. The standard InChI is InChI=1S/C14H26N2O/c1-3-12(2)16-14(17)9-10-15-11-13-7-5-4-6-8-13/h4-5,12-13,15H,3,6-11H2,1-2H3,(H,16,17). The van der Waals surface area contributed by atoms with Crippen molar-refractivity contribution in [2.45, 2.75) is 52.0 Å². The molecule has 0 radical (unpaired) electrons. The van der Waals surface area contributed by atoms with E-state index >= 15 is 0 Å². The summed E-state index contributed by atoms with van der Waals surface area (Å²) in [5.74, 6) is 0.924. The van der Waals surface area contributed by atoms with Crippen LogP contribution >= 0.6 is 0 Å². The fourth-order valence-electron chi connectivity index (χ4n) is 2.00. The van der Waals surface area contributed by atoms with Crippen LogP contribution in [0.15, 0.2) is 12.2 Å². The first-order valence-corrected chi connectivity index (χ1v) is 6.87. The lowest BCUT2D eigenvalue weighted by atomic mass is 9.94. The lowest BCUT2D eigenvalue weighted by molar-refractivity contribution is -0.121. The number of hydrogen-bond acceptors (Lipinski definition) is 2. The predicted molar refractivity (Wildman–Crippen MR) is 71.9 cm³/mol. The normalized spacial score (nSPS) is 21.2. The van der Waals surface area contributed by atoms with Crippen LogP contribution in [0.2, 0.25) is 0 Å². The maximum atomic E-state index is 11.5. The van der Waals surface area contributed by atoms with Crippen LogP contribution < -0.4 is 10.6 Å². The van der Waals surface area contributed by atoms with Gasteiger partial charge >= 0.3 is 0 Å². The molecular weight excluding hydrogens is 212 g/mol. The zero-order chi connectivity index (χ0) is 12.5. The van der Waals surface area contributed by atoms with Crippen LogP contribution in [0, 0.1) is 5.92 Å². The van der Waals surface area contributed by atoms with Gasteiger partial charge in [0.15, 0.2) is 0 Å². The molecule has 1 amide bonds. The Morgan fingerprint density at radius 1 is 1.47 bits per heavy atom. The third kappa shape index (κ3) is 6.47. The van der Waals surface area contributed by atoms with Crippen molar-refractivity contribution >= 4 is 5.91 Å². The summed E-state index contributed by atoms with van der Waals surface area (Å²) in [5.41, 5.74) is 0. The molecule has 98 valence electrons. The molecule has 1 aliphatic rings. The zero-order valence-corrected chi connectivity index (χ0v) is 11.2. The lowest BCUT2D eigenvalue weighted by Gasteiger charge is -2.18. The Kier molecular flexibility index (Phi) is 6.94. The minimum Gasteiger partial charge on any atom is -0.354 e. The lowest BCUT2D eigenvalue weighted by Crippen LogP contribution is -2.34. The molecule has 0 saturated heterocycles. The molecule has 3 heteroatoms. The van der Waals surface area contributed by atoms with Crippen molar-refractivity contribution in [1.82, 2.24) is 10.6 Å². The highest BCUT2D eigenvalue weighted by atomic mass is 16.1. The molecule has 0 saturated carbocycles. The average Bonchev–Trinajstić information content (AvgIpc) is 2.36. The van der Waals surface area contributed by atoms with Crippen LogP contribution in [0.5, 0.6) is 0 Å². The van der Waals surface area contributed by atoms with Gasteiger partial charge in [0.2, 0.25) is 5.91 Å². The minimum atomic E-state index is 0.162. The molecule has 0 heterocycles. The van der Waals surface area contributed by atoms with Crippen LogP contribution in [-0.2, 0) is 4.79 Å². The number of rotatable bonds is 7. The second-order valence-corrected chi connectivity index (χ2v) is 4.98. The number of amides is 1. The Morgan fingerprint density at radius 2 is 2.29 bits per heavy atom. The molecule has 1 rings (SSSR count). The molecule has 2 atom stereocenters. The van der Waals surface area contributed by atoms with E-state index in [1.165, 1.54) is 19.3 Å². The Balaban J connectivity index is 1.99. The molecular formula is C14H26N2O. The molecule has 17 heavy (non-hydrogen) atoms. The molecule has 0 bridgehead atoms. The van der Waals surface area contributed by atoms with Crippen LogP contribution in [-0.4, -0.2) is 25.0 Å². The minimum absolute atomic E-state index is 0.162. The Morgan fingerprint density at radius 3 is 2.94 bits per heavy atom. The molecule has 0 aliphatic heterocycles. The fraction of sp³-hybridized carbons (Fsp3) is 0.786. The van der Waals surface area contributed by atoms with E-state index in [1.54, 1.807) is 0 Å². The number of hydrogen-bond donors (Lipinski definition) is 2. The van der Waals surface area contributed by atoms with E-state index in [9.17, 15) is 4.79 Å². The van der Waals surface area contributed by atoms with Gasteiger partial charge in [-0.25, -0.2) is 0 Å². The molecule has 0 aromatic heterocycles. The molecule has 2 N–H and O–H groups in total. The number of carbonyl (C=O) groups is 1. The van der Waals surface area contributed by atoms with Crippen molar-refractivity contribution in [2.75, 3.05) is 13.1 Å². The highest BCUT2D eigenvalue weighted by Gasteiger charge is 2.09. The van der Waals surface area contributed by atoms with Gasteiger partial charge in [0, 0.05) is 19.0 Å². The first kappa shape index (κ1) is 14.2. The SMILES string of the molecule is CCC(C)NC(=O)CCNCC1CC=CCC1. The fourth-order valence-corrected chi connectivity index (χ4v) is 2.00. The van der Waals surface area contributed by atoms with Crippen molar-refractivity contribution in [3.8, 4) is 0 Å². The van der Waals surface area contributed by atoms with E-state index in [1.807, 2.05) is 6.92 Å². The van der Waals surface area contributed by atoms with Crippen molar-refractivity contribution in [1.29, 1.82) is 0 Å². The first-order valence-electron chi connectivity index (χ1n) is 6.87. The van der Waals surface area contributed by atoms with E-state index in [0.717, 1.165) is 25.4 Å².